The average Bonchev–Trinajstić information content (AvgIpc) is 3.64. The van der Waals surface area contributed by atoms with Crippen molar-refractivity contribution in [2.45, 2.75) is 128 Å². The Bertz CT molecular complexity index is 1370. The van der Waals surface area contributed by atoms with Crippen molar-refractivity contribution in [3.63, 3.8) is 0 Å². The molecule has 284 valence electrons. The second-order valence-electron chi connectivity index (χ2n) is 15.5. The lowest BCUT2D eigenvalue weighted by Gasteiger charge is -2.56. The van der Waals surface area contributed by atoms with Gasteiger partial charge >= 0.3 is 0 Å². The molecule has 12 heteroatoms. The molecule has 51 heavy (non-hydrogen) atoms. The zero-order valence-electron chi connectivity index (χ0n) is 30.8. The summed E-state index contributed by atoms with van der Waals surface area (Å²) in [7, 11) is 3.95. The van der Waals surface area contributed by atoms with Gasteiger partial charge in [0.1, 0.15) is 12.4 Å². The van der Waals surface area contributed by atoms with Gasteiger partial charge in [-0.3, -0.25) is 25.2 Å². The minimum absolute atomic E-state index is 0.0624. The Morgan fingerprint density at radius 3 is 2.63 bits per heavy atom. The molecule has 1 amide bonds. The molecule has 2 aliphatic carbocycles. The molecule has 3 fully saturated rings. The Morgan fingerprint density at radius 2 is 1.94 bits per heavy atom. The number of aliphatic hydroxyl groups excluding tert-OH is 1. The quantitative estimate of drug-likeness (QED) is 0.206. The summed E-state index contributed by atoms with van der Waals surface area (Å²) < 4.78 is 16.7. The monoisotopic (exact) mass is 728 g/mol. The first kappa shape index (κ1) is 38.5. The molecule has 2 saturated carbocycles. The number of oxazole rings is 1. The topological polar surface area (TPSA) is 124 Å². The summed E-state index contributed by atoms with van der Waals surface area (Å²) in [5, 5.41) is 23.1. The van der Waals surface area contributed by atoms with Crippen LogP contribution in [-0.2, 0) is 29.1 Å². The highest BCUT2D eigenvalue weighted by molar-refractivity contribution is 6.33. The molecule has 1 aromatic carbocycles. The zero-order valence-corrected chi connectivity index (χ0v) is 31.6. The van der Waals surface area contributed by atoms with Gasteiger partial charge in [0.05, 0.1) is 36.3 Å². The van der Waals surface area contributed by atoms with Crippen LogP contribution in [0.25, 0.3) is 0 Å². The van der Waals surface area contributed by atoms with E-state index in [0.717, 1.165) is 62.7 Å². The normalized spacial score (nSPS) is 25.2. The fourth-order valence-corrected chi connectivity index (χ4v) is 9.31. The van der Waals surface area contributed by atoms with Gasteiger partial charge in [0.2, 0.25) is 5.91 Å². The van der Waals surface area contributed by atoms with Gasteiger partial charge in [-0.05, 0) is 62.8 Å². The highest BCUT2D eigenvalue weighted by Gasteiger charge is 2.53. The standard InChI is InChI=1S/C39H61ClN6O5/c1-45(19-20-49-2)38-39(16-8-6-4-3-5-7-9-17-39)33(21-35(44-38)43-29-11-10-12-29)37(48)42-22-30(47)25-46-18-15-32-28(24-46)13-14-34(36(32)40)50-26-31-23-41-27-51-31/h13-14,23,27,29-30,33,35,38,43-44,47H,3-12,15-22,24-26H2,1-2H3,(H,42,48)/t30-,33?,35?,38?/m0/s1. The van der Waals surface area contributed by atoms with Crippen LogP contribution in [0.5, 0.6) is 5.75 Å². The van der Waals surface area contributed by atoms with Gasteiger partial charge in [-0.15, -0.1) is 0 Å². The Hall–Kier alpha value is -2.25. The van der Waals surface area contributed by atoms with Crippen molar-refractivity contribution in [3.8, 4) is 5.75 Å². The number of carbonyl (C=O) groups excluding carboxylic acids is 1. The number of nitrogens with zero attached hydrogens (tertiary/aromatic N) is 3. The van der Waals surface area contributed by atoms with Crippen molar-refractivity contribution in [2.75, 3.05) is 46.9 Å². The highest BCUT2D eigenvalue weighted by atomic mass is 35.5. The average molecular weight is 729 g/mol. The van der Waals surface area contributed by atoms with Gasteiger partial charge in [-0.1, -0.05) is 69.0 Å². The maximum atomic E-state index is 14.5. The third-order valence-electron chi connectivity index (χ3n) is 12.0. The first-order valence-corrected chi connectivity index (χ1v) is 19.9. The van der Waals surface area contributed by atoms with Crippen LogP contribution in [0.4, 0.5) is 0 Å². The second kappa shape index (κ2) is 18.7. The molecule has 0 bridgehead atoms. The number of aromatic nitrogens is 1. The number of halogens is 1. The fraction of sp³-hybridized carbons (Fsp3) is 0.744. The van der Waals surface area contributed by atoms with Gasteiger partial charge in [0.15, 0.2) is 12.2 Å². The number of fused-ring (bicyclic) bond motifs is 1. The molecular formula is C39H61ClN6O5. The molecule has 3 unspecified atom stereocenters. The number of hydrogen-bond donors (Lipinski definition) is 4. The molecule has 1 aromatic heterocycles. The summed E-state index contributed by atoms with van der Waals surface area (Å²) in [6, 6.07) is 4.47. The second-order valence-corrected chi connectivity index (χ2v) is 15.9. The van der Waals surface area contributed by atoms with Crippen LogP contribution >= 0.6 is 11.6 Å². The van der Waals surface area contributed by atoms with Crippen molar-refractivity contribution in [3.05, 3.63) is 46.6 Å². The van der Waals surface area contributed by atoms with Crippen molar-refractivity contribution in [1.29, 1.82) is 0 Å². The molecule has 3 heterocycles. The van der Waals surface area contributed by atoms with E-state index in [1.807, 2.05) is 6.07 Å². The Morgan fingerprint density at radius 1 is 1.18 bits per heavy atom. The molecule has 1 spiro atoms. The van der Waals surface area contributed by atoms with Gasteiger partial charge in [-0.2, -0.15) is 0 Å². The molecule has 1 saturated heterocycles. The van der Waals surface area contributed by atoms with E-state index in [0.29, 0.717) is 42.3 Å². The summed E-state index contributed by atoms with van der Waals surface area (Å²) in [6.45, 7) is 3.90. The molecule has 4 atom stereocenters. The predicted molar refractivity (Wildman–Crippen MR) is 198 cm³/mol. The number of carbonyl (C=O) groups is 1. The molecule has 11 nitrogen and oxygen atoms in total. The summed E-state index contributed by atoms with van der Waals surface area (Å²) in [5.41, 5.74) is 2.03. The van der Waals surface area contributed by atoms with Crippen molar-refractivity contribution in [2.24, 2.45) is 11.3 Å². The number of benzene rings is 1. The van der Waals surface area contributed by atoms with Crippen LogP contribution in [0.15, 0.2) is 29.1 Å². The van der Waals surface area contributed by atoms with Crippen LogP contribution in [-0.4, -0.2) is 97.2 Å². The van der Waals surface area contributed by atoms with E-state index < -0.39 is 6.10 Å². The van der Waals surface area contributed by atoms with Gasteiger partial charge in [-0.25, -0.2) is 4.98 Å². The summed E-state index contributed by atoms with van der Waals surface area (Å²) in [6.07, 6.45) is 18.3. The summed E-state index contributed by atoms with van der Waals surface area (Å²) in [5.74, 6) is 1.21. The van der Waals surface area contributed by atoms with Crippen molar-refractivity contribution < 1.29 is 23.8 Å². The lowest BCUT2D eigenvalue weighted by atomic mass is 9.61. The van der Waals surface area contributed by atoms with Crippen LogP contribution in [0.2, 0.25) is 5.02 Å². The van der Waals surface area contributed by atoms with E-state index in [1.54, 1.807) is 13.3 Å². The van der Waals surface area contributed by atoms with Crippen molar-refractivity contribution in [1.82, 2.24) is 30.7 Å². The Labute approximate surface area is 309 Å². The van der Waals surface area contributed by atoms with E-state index in [2.05, 4.69) is 43.8 Å². The number of β-amino-alcohol motifs (C(OH)–C–C–N with tert-alkyl or cyclic N) is 1. The van der Waals surface area contributed by atoms with Crippen LogP contribution in [0.1, 0.15) is 100 Å². The predicted octanol–water partition coefficient (Wildman–Crippen LogP) is 5.24. The molecule has 4 aliphatic rings. The number of piperidine rings is 1. The van der Waals surface area contributed by atoms with E-state index >= 15 is 0 Å². The number of amides is 1. The molecular weight excluding hydrogens is 668 g/mol. The summed E-state index contributed by atoms with van der Waals surface area (Å²) in [4.78, 5) is 23.1. The lowest BCUT2D eigenvalue weighted by Crippen LogP contribution is -2.70. The zero-order chi connectivity index (χ0) is 35.6. The van der Waals surface area contributed by atoms with E-state index in [9.17, 15) is 9.90 Å². The smallest absolute Gasteiger partial charge is 0.223 e. The first-order valence-electron chi connectivity index (χ1n) is 19.6. The number of ether oxygens (including phenoxy) is 2. The summed E-state index contributed by atoms with van der Waals surface area (Å²) >= 11 is 6.78. The fourth-order valence-electron chi connectivity index (χ4n) is 8.98. The number of aliphatic hydroxyl groups is 1. The maximum absolute atomic E-state index is 14.5. The van der Waals surface area contributed by atoms with E-state index in [4.69, 9.17) is 25.5 Å². The van der Waals surface area contributed by atoms with E-state index in [1.165, 1.54) is 57.8 Å². The van der Waals surface area contributed by atoms with Gasteiger partial charge in [0.25, 0.3) is 0 Å². The van der Waals surface area contributed by atoms with Crippen LogP contribution in [0, 0.1) is 11.3 Å². The van der Waals surface area contributed by atoms with Crippen molar-refractivity contribution >= 4 is 17.5 Å². The molecule has 2 aliphatic heterocycles. The van der Waals surface area contributed by atoms with Gasteiger partial charge < -0.3 is 24.3 Å². The number of rotatable bonds is 14. The molecule has 4 N–H and O–H groups in total. The third-order valence-corrected chi connectivity index (χ3v) is 12.4. The Balaban J connectivity index is 1.11. The largest absolute Gasteiger partial charge is 0.484 e. The molecule has 2 aromatic rings. The number of hydrogen-bond acceptors (Lipinski definition) is 10. The number of methoxy groups -OCH3 is 1. The minimum Gasteiger partial charge on any atom is -0.484 e. The number of nitrogens with one attached hydrogen (secondary N) is 3. The SMILES string of the molecule is COCCN(C)C1NC(NC2CCC2)CC(C(=O)NC[C@H](O)CN2CCc3c(ccc(OCc4cnco4)c3Cl)C2)C12CCCCCCCCC2. The third kappa shape index (κ3) is 9.85. The lowest BCUT2D eigenvalue weighted by molar-refractivity contribution is -0.141. The molecule has 0 radical (unpaired) electrons. The Kier molecular flexibility index (Phi) is 14.1. The highest BCUT2D eigenvalue weighted by Crippen LogP contribution is 2.48. The first-order chi connectivity index (χ1) is 24.9. The maximum Gasteiger partial charge on any atom is 0.223 e. The number of likely N-dealkylation sites (N-methyl/N-ethyl adjacent to an activating group) is 1. The van der Waals surface area contributed by atoms with Gasteiger partial charge in [0, 0.05) is 57.2 Å². The van der Waals surface area contributed by atoms with Crippen LogP contribution < -0.4 is 20.7 Å². The van der Waals surface area contributed by atoms with E-state index in [-0.39, 0.29) is 42.7 Å². The minimum atomic E-state index is -0.679. The molecule has 6 rings (SSSR count). The van der Waals surface area contributed by atoms with Crippen LogP contribution in [0.3, 0.4) is 0 Å².